The summed E-state index contributed by atoms with van der Waals surface area (Å²) in [6, 6.07) is 14.2. The molecule has 0 spiro atoms. The van der Waals surface area contributed by atoms with Gasteiger partial charge in [0.25, 0.3) is 5.91 Å². The molecule has 0 aromatic heterocycles. The van der Waals surface area contributed by atoms with Crippen molar-refractivity contribution in [2.24, 2.45) is 10.2 Å². The van der Waals surface area contributed by atoms with E-state index in [1.165, 1.54) is 0 Å². The minimum atomic E-state index is -0.315. The number of anilines is 1. The van der Waals surface area contributed by atoms with Crippen molar-refractivity contribution in [1.82, 2.24) is 5.43 Å². The van der Waals surface area contributed by atoms with E-state index in [2.05, 4.69) is 21.1 Å². The summed E-state index contributed by atoms with van der Waals surface area (Å²) in [5, 5.41) is 8.70. The third-order valence-corrected chi connectivity index (χ3v) is 3.67. The lowest BCUT2D eigenvalue weighted by Gasteiger charge is -2.03. The summed E-state index contributed by atoms with van der Waals surface area (Å²) in [7, 11) is 0. The Labute approximate surface area is 150 Å². The Morgan fingerprint density at radius 1 is 1.00 bits per heavy atom. The van der Waals surface area contributed by atoms with Gasteiger partial charge in [0.15, 0.2) is 5.17 Å². The van der Waals surface area contributed by atoms with Crippen molar-refractivity contribution in [2.75, 3.05) is 5.43 Å². The van der Waals surface area contributed by atoms with Crippen LogP contribution in [0.2, 0.25) is 5.02 Å². The first-order valence-corrected chi connectivity index (χ1v) is 7.88. The van der Waals surface area contributed by atoms with Gasteiger partial charge in [0.2, 0.25) is 0 Å². The summed E-state index contributed by atoms with van der Waals surface area (Å²) in [5.74, 6) is -0.315. The van der Waals surface area contributed by atoms with Crippen LogP contribution >= 0.6 is 23.2 Å². The first kappa shape index (κ1) is 18.0. The maximum atomic E-state index is 12.0. The number of nitrogens with one attached hydrogen (secondary N) is 2. The van der Waals surface area contributed by atoms with Gasteiger partial charge in [-0.25, -0.2) is 5.43 Å². The average molecular weight is 363 g/mol. The molecule has 0 aliphatic carbocycles. The molecule has 0 heterocycles. The first-order chi connectivity index (χ1) is 11.5. The molecule has 2 rings (SSSR count). The Kier molecular flexibility index (Phi) is 6.35. The van der Waals surface area contributed by atoms with E-state index in [0.717, 1.165) is 11.3 Å². The van der Waals surface area contributed by atoms with E-state index in [9.17, 15) is 4.79 Å². The standard InChI is InChI=1S/C17H16Cl2N4O/c1-11-3-5-13(6-4-11)17(24)23-20-12(2)16(19)22-21-15-9-7-14(18)8-10-15/h3-10,21H,1-2H3,(H,23,24)/b20-12+,22-16-. The quantitative estimate of drug-likeness (QED) is 0.610. The van der Waals surface area contributed by atoms with Crippen LogP contribution in [0.1, 0.15) is 22.8 Å². The van der Waals surface area contributed by atoms with Crippen LogP contribution in [-0.2, 0) is 0 Å². The van der Waals surface area contributed by atoms with E-state index in [1.54, 1.807) is 43.3 Å². The van der Waals surface area contributed by atoms with Gasteiger partial charge in [-0.15, -0.1) is 0 Å². The largest absolute Gasteiger partial charge is 0.277 e. The number of nitrogens with zero attached hydrogens (tertiary/aromatic N) is 2. The highest BCUT2D eigenvalue weighted by Gasteiger charge is 2.05. The first-order valence-electron chi connectivity index (χ1n) is 7.12. The second-order valence-electron chi connectivity index (χ2n) is 5.03. The number of carbonyl (C=O) groups is 1. The normalized spacial score (nSPS) is 12.0. The summed E-state index contributed by atoms with van der Waals surface area (Å²) in [5.41, 5.74) is 7.93. The monoisotopic (exact) mass is 362 g/mol. The molecule has 5 nitrogen and oxygen atoms in total. The van der Waals surface area contributed by atoms with Crippen molar-refractivity contribution in [3.8, 4) is 0 Å². The van der Waals surface area contributed by atoms with E-state index in [4.69, 9.17) is 23.2 Å². The third kappa shape index (κ3) is 5.37. The van der Waals surface area contributed by atoms with Crippen molar-refractivity contribution >= 4 is 45.7 Å². The lowest BCUT2D eigenvalue weighted by molar-refractivity contribution is 0.0955. The fourth-order valence-electron chi connectivity index (χ4n) is 1.67. The lowest BCUT2D eigenvalue weighted by atomic mass is 10.1. The molecule has 2 aromatic carbocycles. The minimum absolute atomic E-state index is 0.133. The van der Waals surface area contributed by atoms with Crippen LogP contribution in [0.3, 0.4) is 0 Å². The summed E-state index contributed by atoms with van der Waals surface area (Å²) < 4.78 is 0. The fourth-order valence-corrected chi connectivity index (χ4v) is 1.88. The fraction of sp³-hybridized carbons (Fsp3) is 0.118. The highest BCUT2D eigenvalue weighted by atomic mass is 35.5. The molecule has 0 atom stereocenters. The van der Waals surface area contributed by atoms with Crippen LogP contribution < -0.4 is 10.9 Å². The van der Waals surface area contributed by atoms with E-state index in [-0.39, 0.29) is 11.1 Å². The second-order valence-corrected chi connectivity index (χ2v) is 5.82. The van der Waals surface area contributed by atoms with Crippen molar-refractivity contribution in [3.63, 3.8) is 0 Å². The number of halogens is 2. The van der Waals surface area contributed by atoms with E-state index >= 15 is 0 Å². The van der Waals surface area contributed by atoms with Gasteiger partial charge in [0.05, 0.1) is 11.4 Å². The Morgan fingerprint density at radius 3 is 2.25 bits per heavy atom. The molecule has 0 radical (unpaired) electrons. The zero-order valence-electron chi connectivity index (χ0n) is 13.2. The predicted octanol–water partition coefficient (Wildman–Crippen LogP) is 4.42. The lowest BCUT2D eigenvalue weighted by Crippen LogP contribution is -2.20. The van der Waals surface area contributed by atoms with Crippen molar-refractivity contribution in [1.29, 1.82) is 0 Å². The predicted molar refractivity (Wildman–Crippen MR) is 100 cm³/mol. The topological polar surface area (TPSA) is 65.8 Å². The van der Waals surface area contributed by atoms with E-state index in [0.29, 0.717) is 16.3 Å². The number of hydrazone groups is 2. The smallest absolute Gasteiger partial charge is 0.271 e. The Balaban J connectivity index is 1.96. The molecular formula is C17H16Cl2N4O. The van der Waals surface area contributed by atoms with Crippen molar-refractivity contribution < 1.29 is 4.79 Å². The van der Waals surface area contributed by atoms with Crippen molar-refractivity contribution in [3.05, 3.63) is 64.7 Å². The van der Waals surface area contributed by atoms with E-state index < -0.39 is 0 Å². The molecule has 2 aromatic rings. The molecule has 0 saturated carbocycles. The molecule has 24 heavy (non-hydrogen) atoms. The van der Waals surface area contributed by atoms with Gasteiger partial charge in [-0.1, -0.05) is 40.9 Å². The molecule has 0 aliphatic heterocycles. The van der Waals surface area contributed by atoms with Gasteiger partial charge in [0.1, 0.15) is 0 Å². The number of hydrogen-bond donors (Lipinski definition) is 2. The Morgan fingerprint density at radius 2 is 1.62 bits per heavy atom. The second kappa shape index (κ2) is 8.47. The van der Waals surface area contributed by atoms with Gasteiger partial charge in [0, 0.05) is 10.6 Å². The van der Waals surface area contributed by atoms with Gasteiger partial charge in [-0.05, 0) is 50.2 Å². The Bertz CT molecular complexity index is 768. The summed E-state index contributed by atoms with van der Waals surface area (Å²) in [6.45, 7) is 3.60. The maximum Gasteiger partial charge on any atom is 0.271 e. The highest BCUT2D eigenvalue weighted by Crippen LogP contribution is 2.13. The zero-order chi connectivity index (χ0) is 17.5. The van der Waals surface area contributed by atoms with Crippen LogP contribution in [0.15, 0.2) is 58.7 Å². The number of aryl methyl sites for hydroxylation is 1. The van der Waals surface area contributed by atoms with Crippen molar-refractivity contribution in [2.45, 2.75) is 13.8 Å². The Hall–Kier alpha value is -2.37. The number of hydrogen-bond acceptors (Lipinski definition) is 4. The summed E-state index contributed by atoms with van der Waals surface area (Å²) in [4.78, 5) is 12.0. The maximum absolute atomic E-state index is 12.0. The number of amides is 1. The third-order valence-electron chi connectivity index (χ3n) is 3.06. The van der Waals surface area contributed by atoms with Crippen LogP contribution in [-0.4, -0.2) is 16.8 Å². The SMILES string of the molecule is CC(=N\NC(=O)c1ccc(C)cc1)/C(Cl)=N/Nc1ccc(Cl)cc1. The molecule has 0 saturated heterocycles. The molecule has 1 amide bonds. The van der Waals surface area contributed by atoms with Gasteiger partial charge >= 0.3 is 0 Å². The molecule has 0 unspecified atom stereocenters. The van der Waals surface area contributed by atoms with Gasteiger partial charge in [-0.3, -0.25) is 10.2 Å². The van der Waals surface area contributed by atoms with Gasteiger partial charge in [-0.2, -0.15) is 10.2 Å². The average Bonchev–Trinajstić information content (AvgIpc) is 2.59. The highest BCUT2D eigenvalue weighted by molar-refractivity contribution is 6.83. The number of rotatable bonds is 5. The molecular weight excluding hydrogens is 347 g/mol. The number of carbonyl (C=O) groups excluding carboxylic acids is 1. The van der Waals surface area contributed by atoms with Gasteiger partial charge < -0.3 is 0 Å². The number of benzene rings is 2. The summed E-state index contributed by atoms with van der Waals surface area (Å²) >= 11 is 11.8. The summed E-state index contributed by atoms with van der Waals surface area (Å²) in [6.07, 6.45) is 0. The molecule has 124 valence electrons. The van der Waals surface area contributed by atoms with E-state index in [1.807, 2.05) is 19.1 Å². The zero-order valence-corrected chi connectivity index (χ0v) is 14.7. The van der Waals surface area contributed by atoms with Crippen LogP contribution in [0.4, 0.5) is 5.69 Å². The van der Waals surface area contributed by atoms with Crippen LogP contribution in [0.5, 0.6) is 0 Å². The molecule has 0 fully saturated rings. The minimum Gasteiger partial charge on any atom is -0.277 e. The van der Waals surface area contributed by atoms with Crippen LogP contribution in [0.25, 0.3) is 0 Å². The molecule has 0 bridgehead atoms. The molecule has 0 aliphatic rings. The van der Waals surface area contributed by atoms with Crippen LogP contribution in [0, 0.1) is 6.92 Å². The molecule has 7 heteroatoms. The molecule has 2 N–H and O–H groups in total.